The molecular formula is C55H63BN2. The molecule has 2 heterocycles. The Kier molecular flexibility index (Phi) is 8.97. The molecule has 6 aromatic carbocycles. The lowest BCUT2D eigenvalue weighted by molar-refractivity contribution is 0.568. The topological polar surface area (TPSA) is 6.48 Å². The second-order valence-electron chi connectivity index (χ2n) is 21.4. The Bertz CT molecular complexity index is 2550. The molecule has 6 aromatic rings. The number of rotatable bonds is 3. The Morgan fingerprint density at radius 2 is 0.845 bits per heavy atom. The molecule has 2 nitrogen and oxygen atoms in total. The largest absolute Gasteiger partial charge is 0.311 e. The van der Waals surface area contributed by atoms with E-state index in [0.717, 1.165) is 11.4 Å². The molecule has 0 fully saturated rings. The molecule has 8 rings (SSSR count). The van der Waals surface area contributed by atoms with Gasteiger partial charge in [0.15, 0.2) is 0 Å². The van der Waals surface area contributed by atoms with Crippen LogP contribution in [0.5, 0.6) is 0 Å². The highest BCUT2D eigenvalue weighted by Gasteiger charge is 2.44. The zero-order valence-electron chi connectivity index (χ0n) is 38.8. The minimum Gasteiger partial charge on any atom is -0.311 e. The molecule has 0 bridgehead atoms. The van der Waals surface area contributed by atoms with E-state index in [4.69, 9.17) is 1.37 Å². The first-order valence-electron chi connectivity index (χ1n) is 21.8. The molecule has 0 amide bonds. The van der Waals surface area contributed by atoms with Crippen LogP contribution in [-0.4, -0.2) is 6.71 Å². The summed E-state index contributed by atoms with van der Waals surface area (Å²) in [7, 11) is 0. The maximum absolute atomic E-state index is 9.06. The van der Waals surface area contributed by atoms with Crippen molar-refractivity contribution >= 4 is 57.2 Å². The van der Waals surface area contributed by atoms with E-state index in [-0.39, 0.29) is 28.4 Å². The summed E-state index contributed by atoms with van der Waals surface area (Å²) in [6.45, 7) is 34.6. The van der Waals surface area contributed by atoms with E-state index in [9.17, 15) is 0 Å². The second-order valence-corrected chi connectivity index (χ2v) is 21.4. The van der Waals surface area contributed by atoms with E-state index in [0.29, 0.717) is 6.04 Å². The monoisotopic (exact) mass is 764 g/mol. The lowest BCUT2D eigenvalue weighted by Gasteiger charge is -2.45. The van der Waals surface area contributed by atoms with Gasteiger partial charge in [-0.15, -0.1) is 0 Å². The molecule has 0 atom stereocenters. The van der Waals surface area contributed by atoms with Gasteiger partial charge in [0.05, 0.1) is 1.37 Å². The Morgan fingerprint density at radius 1 is 0.448 bits per heavy atom. The molecular weight excluding hydrogens is 699 g/mol. The number of anilines is 6. The lowest BCUT2D eigenvalue weighted by Crippen LogP contribution is -2.61. The van der Waals surface area contributed by atoms with Crippen LogP contribution in [-0.2, 0) is 21.7 Å². The third-order valence-electron chi connectivity index (χ3n) is 12.6. The summed E-state index contributed by atoms with van der Waals surface area (Å²) in [6, 6.07) is 40.0. The molecule has 2 aliphatic rings. The maximum Gasteiger partial charge on any atom is 0.252 e. The van der Waals surface area contributed by atoms with Crippen molar-refractivity contribution in [2.75, 3.05) is 9.80 Å². The average molecular weight is 764 g/mol. The smallest absolute Gasteiger partial charge is 0.252 e. The van der Waals surface area contributed by atoms with E-state index >= 15 is 0 Å². The predicted molar refractivity (Wildman–Crippen MR) is 255 cm³/mol. The molecule has 58 heavy (non-hydrogen) atoms. The van der Waals surface area contributed by atoms with Crippen molar-refractivity contribution in [3.8, 4) is 11.1 Å². The summed E-state index contributed by atoms with van der Waals surface area (Å²) < 4.78 is 9.06. The minimum atomic E-state index is -0.0574. The number of nitrogens with zero attached hydrogens (tertiary/aromatic N) is 2. The molecule has 296 valence electrons. The number of para-hydroxylation sites is 2. The van der Waals surface area contributed by atoms with Gasteiger partial charge >= 0.3 is 0 Å². The molecule has 0 radical (unpaired) electrons. The Balaban J connectivity index is 1.56. The molecule has 0 saturated carbocycles. The van der Waals surface area contributed by atoms with Crippen LogP contribution < -0.4 is 26.2 Å². The number of fused-ring (bicyclic) bond motifs is 4. The van der Waals surface area contributed by atoms with E-state index in [1.54, 1.807) is 0 Å². The van der Waals surface area contributed by atoms with Crippen molar-refractivity contribution in [1.82, 2.24) is 0 Å². The number of aryl methyl sites for hydroxylation is 3. The van der Waals surface area contributed by atoms with E-state index < -0.39 is 0 Å². The Labute approximate surface area is 351 Å². The van der Waals surface area contributed by atoms with Gasteiger partial charge in [-0.25, -0.2) is 0 Å². The average Bonchev–Trinajstić information content (AvgIpc) is 3.12. The third-order valence-corrected chi connectivity index (χ3v) is 12.6. The van der Waals surface area contributed by atoms with Crippen LogP contribution in [0.3, 0.4) is 0 Å². The third kappa shape index (κ3) is 6.79. The lowest BCUT2D eigenvalue weighted by atomic mass is 9.33. The fourth-order valence-corrected chi connectivity index (χ4v) is 9.38. The molecule has 0 spiro atoms. The van der Waals surface area contributed by atoms with Gasteiger partial charge in [-0.3, -0.25) is 0 Å². The van der Waals surface area contributed by atoms with Crippen molar-refractivity contribution < 1.29 is 1.37 Å². The highest BCUT2D eigenvalue weighted by molar-refractivity contribution is 7.00. The molecule has 0 saturated heterocycles. The van der Waals surface area contributed by atoms with Crippen molar-refractivity contribution in [2.24, 2.45) is 0 Å². The first-order chi connectivity index (χ1) is 27.4. The summed E-state index contributed by atoms with van der Waals surface area (Å²) in [6.07, 6.45) is 0. The van der Waals surface area contributed by atoms with Gasteiger partial charge in [-0.1, -0.05) is 149 Å². The van der Waals surface area contributed by atoms with Crippen LogP contribution in [0.2, 0.25) is 0 Å². The van der Waals surface area contributed by atoms with Crippen molar-refractivity contribution in [3.63, 3.8) is 0 Å². The molecule has 0 aromatic heterocycles. The predicted octanol–water partition coefficient (Wildman–Crippen LogP) is 13.6. The van der Waals surface area contributed by atoms with Gasteiger partial charge in [0, 0.05) is 34.1 Å². The van der Waals surface area contributed by atoms with Gasteiger partial charge in [0.1, 0.15) is 0 Å². The van der Waals surface area contributed by atoms with Crippen molar-refractivity contribution in [2.45, 2.75) is 126 Å². The molecule has 3 heteroatoms. The number of hydrogen-bond acceptors (Lipinski definition) is 2. The van der Waals surface area contributed by atoms with Crippen LogP contribution in [0.25, 0.3) is 11.1 Å². The summed E-state index contributed by atoms with van der Waals surface area (Å²) in [5, 5.41) is 0. The quantitative estimate of drug-likeness (QED) is 0.165. The molecule has 0 unspecified atom stereocenters. The fraction of sp³-hybridized carbons (Fsp3) is 0.345. The molecule has 0 N–H and O–H groups in total. The van der Waals surface area contributed by atoms with Gasteiger partial charge < -0.3 is 9.80 Å². The highest BCUT2D eigenvalue weighted by Crippen LogP contribution is 2.49. The first kappa shape index (κ1) is 38.5. The van der Waals surface area contributed by atoms with Gasteiger partial charge in [-0.05, 0) is 152 Å². The van der Waals surface area contributed by atoms with E-state index in [1.165, 1.54) is 89.2 Å². The standard InChI is InChI=1S/C55H63BN2/c1-34-24-35(2)50(36(3)25-34)37-26-48-51-49(27-37)58(43-32-40(54(10,11)12)29-41(33-43)55(13,14)15)47-23-19-17-21-45(47)56(51)44-20-16-18-22-46(44)57(48)42-30-38(52(4,5)6)28-39(31-42)53(7,8)9/h16-33H,1-15H3/i16D. The normalized spacial score (nSPS) is 14.3. The SMILES string of the molecule is [2H]c1ccc2c(c1)B1c3ccccc3N(c3cc(C(C)(C)C)cc(C(C)(C)C)c3)c3cc(-c4c(C)cc(C)cc4C)cc(c31)N2c1cc(C(C)(C)C)cc(C(C)(C)C)c1. The van der Waals surface area contributed by atoms with Gasteiger partial charge in [0.25, 0.3) is 6.71 Å². The second kappa shape index (κ2) is 13.5. The zero-order valence-corrected chi connectivity index (χ0v) is 37.8. The summed E-state index contributed by atoms with van der Waals surface area (Å²) in [4.78, 5) is 5.10. The minimum absolute atomic E-state index is 0.0473. The first-order valence-corrected chi connectivity index (χ1v) is 21.3. The van der Waals surface area contributed by atoms with E-state index in [1.807, 2.05) is 6.07 Å². The summed E-state index contributed by atoms with van der Waals surface area (Å²) in [5.74, 6) is 0. The van der Waals surface area contributed by atoms with Crippen LogP contribution in [0.15, 0.2) is 109 Å². The Hall–Kier alpha value is -5.02. The van der Waals surface area contributed by atoms with Gasteiger partial charge in [-0.2, -0.15) is 0 Å². The summed E-state index contributed by atoms with van der Waals surface area (Å²) >= 11 is 0. The molecule has 0 aliphatic carbocycles. The van der Waals surface area contributed by atoms with Crippen molar-refractivity contribution in [1.29, 1.82) is 0 Å². The Morgan fingerprint density at radius 3 is 1.28 bits per heavy atom. The van der Waals surface area contributed by atoms with Gasteiger partial charge in [0.2, 0.25) is 0 Å². The van der Waals surface area contributed by atoms with Crippen LogP contribution in [0.4, 0.5) is 34.1 Å². The van der Waals surface area contributed by atoms with E-state index in [2.05, 4.69) is 211 Å². The summed E-state index contributed by atoms with van der Waals surface area (Å²) in [5.41, 5.74) is 22.2. The van der Waals surface area contributed by atoms with Crippen LogP contribution in [0, 0.1) is 20.8 Å². The number of benzene rings is 6. The van der Waals surface area contributed by atoms with Crippen LogP contribution >= 0.6 is 0 Å². The van der Waals surface area contributed by atoms with Crippen LogP contribution in [0.1, 0.15) is 123 Å². The highest BCUT2D eigenvalue weighted by atomic mass is 15.2. The fourth-order valence-electron chi connectivity index (χ4n) is 9.38. The maximum atomic E-state index is 9.06. The number of hydrogen-bond donors (Lipinski definition) is 0. The zero-order chi connectivity index (χ0) is 42.7. The van der Waals surface area contributed by atoms with Crippen molar-refractivity contribution in [3.05, 3.63) is 148 Å². The molecule has 2 aliphatic heterocycles.